The van der Waals surface area contributed by atoms with Crippen LogP contribution in [-0.2, 0) is 9.53 Å². The van der Waals surface area contributed by atoms with Crippen molar-refractivity contribution < 1.29 is 9.53 Å². The first-order chi connectivity index (χ1) is 9.20. The van der Waals surface area contributed by atoms with E-state index >= 15 is 0 Å². The van der Waals surface area contributed by atoms with Gasteiger partial charge in [-0.05, 0) is 37.0 Å². The van der Waals surface area contributed by atoms with E-state index in [0.717, 1.165) is 18.8 Å². The summed E-state index contributed by atoms with van der Waals surface area (Å²) in [5.74, 6) is 0.856. The van der Waals surface area contributed by atoms with Gasteiger partial charge in [0.1, 0.15) is 0 Å². The molecule has 0 aromatic heterocycles. The Hall–Kier alpha value is -0.610. The third kappa shape index (κ3) is 4.74. The van der Waals surface area contributed by atoms with Crippen LogP contribution in [0.2, 0.25) is 0 Å². The molecule has 0 aliphatic heterocycles. The SMILES string of the molecule is CN(C)C(=O)CCOC1(CN)CCC(C(C)(C)C)CC1. The molecule has 1 fully saturated rings. The second-order valence-corrected chi connectivity index (χ2v) is 7.41. The number of rotatable bonds is 5. The predicted molar refractivity (Wildman–Crippen MR) is 82.5 cm³/mol. The van der Waals surface area contributed by atoms with E-state index in [1.807, 2.05) is 0 Å². The fourth-order valence-corrected chi connectivity index (χ4v) is 3.00. The van der Waals surface area contributed by atoms with Crippen molar-refractivity contribution >= 4 is 5.91 Å². The zero-order valence-electron chi connectivity index (χ0n) is 13.9. The van der Waals surface area contributed by atoms with E-state index in [-0.39, 0.29) is 11.5 Å². The van der Waals surface area contributed by atoms with Crippen molar-refractivity contribution in [3.05, 3.63) is 0 Å². The summed E-state index contributed by atoms with van der Waals surface area (Å²) in [5.41, 5.74) is 6.11. The maximum Gasteiger partial charge on any atom is 0.224 e. The molecule has 1 rings (SSSR count). The quantitative estimate of drug-likeness (QED) is 0.843. The molecule has 0 unspecified atom stereocenters. The zero-order valence-corrected chi connectivity index (χ0v) is 13.9. The number of carbonyl (C=O) groups excluding carboxylic acids is 1. The monoisotopic (exact) mass is 284 g/mol. The standard InChI is InChI=1S/C16H32N2O2/c1-15(2,3)13-6-9-16(12-17,10-7-13)20-11-8-14(19)18(4)5/h13H,6-12,17H2,1-5H3. The molecule has 0 aromatic carbocycles. The first-order valence-electron chi connectivity index (χ1n) is 7.74. The molecule has 0 spiro atoms. The average molecular weight is 284 g/mol. The average Bonchev–Trinajstić information content (AvgIpc) is 2.38. The maximum absolute atomic E-state index is 11.6. The Morgan fingerprint density at radius 1 is 1.30 bits per heavy atom. The van der Waals surface area contributed by atoms with E-state index in [1.54, 1.807) is 19.0 Å². The number of amides is 1. The van der Waals surface area contributed by atoms with Crippen LogP contribution in [0.3, 0.4) is 0 Å². The van der Waals surface area contributed by atoms with Gasteiger partial charge in [-0.25, -0.2) is 0 Å². The van der Waals surface area contributed by atoms with E-state index in [1.165, 1.54) is 12.8 Å². The van der Waals surface area contributed by atoms with Crippen LogP contribution in [0.4, 0.5) is 0 Å². The van der Waals surface area contributed by atoms with Gasteiger partial charge in [-0.2, -0.15) is 0 Å². The van der Waals surface area contributed by atoms with Gasteiger partial charge in [0.15, 0.2) is 0 Å². The van der Waals surface area contributed by atoms with Gasteiger partial charge in [0, 0.05) is 20.6 Å². The second kappa shape index (κ2) is 6.90. The smallest absolute Gasteiger partial charge is 0.224 e. The van der Waals surface area contributed by atoms with E-state index in [9.17, 15) is 4.79 Å². The highest BCUT2D eigenvalue weighted by molar-refractivity contribution is 5.75. The molecule has 0 saturated heterocycles. The minimum Gasteiger partial charge on any atom is -0.373 e. The Morgan fingerprint density at radius 3 is 2.25 bits per heavy atom. The zero-order chi connectivity index (χ0) is 15.4. The molecule has 1 saturated carbocycles. The number of nitrogens with zero attached hydrogens (tertiary/aromatic N) is 1. The molecule has 1 amide bonds. The number of nitrogens with two attached hydrogens (primary N) is 1. The largest absolute Gasteiger partial charge is 0.373 e. The molecule has 0 aromatic rings. The van der Waals surface area contributed by atoms with Crippen LogP contribution >= 0.6 is 0 Å². The minimum absolute atomic E-state index is 0.112. The third-order valence-corrected chi connectivity index (χ3v) is 4.72. The van der Waals surface area contributed by atoms with E-state index in [2.05, 4.69) is 20.8 Å². The van der Waals surface area contributed by atoms with E-state index in [4.69, 9.17) is 10.5 Å². The highest BCUT2D eigenvalue weighted by atomic mass is 16.5. The topological polar surface area (TPSA) is 55.6 Å². The van der Waals surface area contributed by atoms with Crippen molar-refractivity contribution in [2.75, 3.05) is 27.2 Å². The van der Waals surface area contributed by atoms with Gasteiger partial charge in [-0.3, -0.25) is 4.79 Å². The molecule has 20 heavy (non-hydrogen) atoms. The summed E-state index contributed by atoms with van der Waals surface area (Å²) in [6.07, 6.45) is 4.81. The lowest BCUT2D eigenvalue weighted by atomic mass is 9.68. The molecule has 4 heteroatoms. The van der Waals surface area contributed by atoms with Crippen LogP contribution in [0.25, 0.3) is 0 Å². The van der Waals surface area contributed by atoms with E-state index < -0.39 is 0 Å². The molecule has 118 valence electrons. The van der Waals surface area contributed by atoms with Gasteiger partial charge in [0.25, 0.3) is 0 Å². The summed E-state index contributed by atoms with van der Waals surface area (Å²) >= 11 is 0. The Balaban J connectivity index is 2.45. The van der Waals surface area contributed by atoms with Crippen molar-refractivity contribution in [2.45, 2.75) is 58.5 Å². The Kier molecular flexibility index (Phi) is 6.02. The first-order valence-corrected chi connectivity index (χ1v) is 7.74. The van der Waals surface area contributed by atoms with Crippen LogP contribution in [0.5, 0.6) is 0 Å². The van der Waals surface area contributed by atoms with Crippen LogP contribution in [0, 0.1) is 11.3 Å². The molecular formula is C16H32N2O2. The Labute approximate surface area is 124 Å². The summed E-state index contributed by atoms with van der Waals surface area (Å²) in [6, 6.07) is 0. The second-order valence-electron chi connectivity index (χ2n) is 7.41. The van der Waals surface area contributed by atoms with Gasteiger partial charge in [-0.15, -0.1) is 0 Å². The van der Waals surface area contributed by atoms with Crippen LogP contribution in [0.1, 0.15) is 52.9 Å². The highest BCUT2D eigenvalue weighted by Gasteiger charge is 2.38. The summed E-state index contributed by atoms with van der Waals surface area (Å²) in [4.78, 5) is 13.2. The molecule has 0 radical (unpaired) electrons. The number of hydrogen-bond donors (Lipinski definition) is 1. The molecule has 4 nitrogen and oxygen atoms in total. The number of ether oxygens (including phenoxy) is 1. The lowest BCUT2D eigenvalue weighted by molar-refractivity contribution is -0.133. The molecule has 2 N–H and O–H groups in total. The van der Waals surface area contributed by atoms with Crippen LogP contribution < -0.4 is 5.73 Å². The van der Waals surface area contributed by atoms with Crippen LogP contribution in [-0.4, -0.2) is 43.7 Å². The normalized spacial score (nSPS) is 27.4. The molecule has 0 bridgehead atoms. The number of carbonyl (C=O) groups is 1. The fourth-order valence-electron chi connectivity index (χ4n) is 3.00. The molecule has 1 aliphatic rings. The molecule has 0 heterocycles. The summed E-state index contributed by atoms with van der Waals surface area (Å²) in [6.45, 7) is 7.96. The lowest BCUT2D eigenvalue weighted by Crippen LogP contribution is -2.46. The summed E-state index contributed by atoms with van der Waals surface area (Å²) in [7, 11) is 3.55. The maximum atomic E-state index is 11.6. The fraction of sp³-hybridized carbons (Fsp3) is 0.938. The highest BCUT2D eigenvalue weighted by Crippen LogP contribution is 2.42. The van der Waals surface area contributed by atoms with Crippen molar-refractivity contribution in [3.8, 4) is 0 Å². The first kappa shape index (κ1) is 17.4. The van der Waals surface area contributed by atoms with Gasteiger partial charge < -0.3 is 15.4 Å². The Morgan fingerprint density at radius 2 is 1.85 bits per heavy atom. The lowest BCUT2D eigenvalue weighted by Gasteiger charge is -2.43. The predicted octanol–water partition coefficient (Wildman–Crippen LogP) is 2.42. The van der Waals surface area contributed by atoms with Crippen molar-refractivity contribution in [1.82, 2.24) is 4.90 Å². The molecule has 0 atom stereocenters. The van der Waals surface area contributed by atoms with Crippen molar-refractivity contribution in [1.29, 1.82) is 0 Å². The van der Waals surface area contributed by atoms with Gasteiger partial charge in [0.05, 0.1) is 18.6 Å². The minimum atomic E-state index is -0.200. The van der Waals surface area contributed by atoms with Crippen molar-refractivity contribution in [2.24, 2.45) is 17.1 Å². The van der Waals surface area contributed by atoms with Crippen molar-refractivity contribution in [3.63, 3.8) is 0 Å². The molecular weight excluding hydrogens is 252 g/mol. The summed E-state index contributed by atoms with van der Waals surface area (Å²) < 4.78 is 6.03. The van der Waals surface area contributed by atoms with Gasteiger partial charge in [-0.1, -0.05) is 20.8 Å². The number of hydrogen-bond acceptors (Lipinski definition) is 3. The molecule has 1 aliphatic carbocycles. The summed E-state index contributed by atoms with van der Waals surface area (Å²) in [5, 5.41) is 0. The van der Waals surface area contributed by atoms with Crippen LogP contribution in [0.15, 0.2) is 0 Å². The van der Waals surface area contributed by atoms with E-state index in [0.29, 0.717) is 25.0 Å². The van der Waals surface area contributed by atoms with Gasteiger partial charge in [0.2, 0.25) is 5.91 Å². The third-order valence-electron chi connectivity index (χ3n) is 4.72. The Bertz CT molecular complexity index is 313. The van der Waals surface area contributed by atoms with Gasteiger partial charge >= 0.3 is 0 Å².